The van der Waals surface area contributed by atoms with E-state index >= 15 is 0 Å². The summed E-state index contributed by atoms with van der Waals surface area (Å²) in [4.78, 5) is 29.6. The number of unbranched alkanes of at least 4 members (excludes halogenated alkanes) is 2. The van der Waals surface area contributed by atoms with Crippen LogP contribution in [0.5, 0.6) is 0 Å². The number of fused-ring (bicyclic) bond motifs is 3. The van der Waals surface area contributed by atoms with Crippen LogP contribution in [0.1, 0.15) is 42.4 Å². The summed E-state index contributed by atoms with van der Waals surface area (Å²) in [6.07, 6.45) is 4.34. The van der Waals surface area contributed by atoms with Crippen molar-refractivity contribution in [1.82, 2.24) is 19.6 Å². The maximum Gasteiger partial charge on any atom is 0.375 e. The SMILES string of the molecule is CCCCCc1ccc2[nH]c(=O)n3nc(C(=O)O)nc3c2c1. The van der Waals surface area contributed by atoms with E-state index in [1.807, 2.05) is 18.2 Å². The van der Waals surface area contributed by atoms with Crippen LogP contribution in [0.25, 0.3) is 16.6 Å². The second kappa shape index (κ2) is 5.59. The molecule has 0 atom stereocenters. The van der Waals surface area contributed by atoms with Crippen LogP contribution in [-0.4, -0.2) is 30.7 Å². The monoisotopic (exact) mass is 300 g/mol. The van der Waals surface area contributed by atoms with E-state index in [4.69, 9.17) is 5.11 Å². The summed E-state index contributed by atoms with van der Waals surface area (Å²) in [5, 5.41) is 13.4. The highest BCUT2D eigenvalue weighted by Gasteiger charge is 2.15. The van der Waals surface area contributed by atoms with E-state index < -0.39 is 11.7 Å². The van der Waals surface area contributed by atoms with Gasteiger partial charge in [-0.05, 0) is 30.5 Å². The van der Waals surface area contributed by atoms with Gasteiger partial charge < -0.3 is 10.1 Å². The van der Waals surface area contributed by atoms with E-state index in [1.54, 1.807) is 0 Å². The number of aromatic amines is 1. The predicted octanol–water partition coefficient (Wildman–Crippen LogP) is 2.00. The highest BCUT2D eigenvalue weighted by Crippen LogP contribution is 2.18. The van der Waals surface area contributed by atoms with Crippen molar-refractivity contribution in [2.75, 3.05) is 0 Å². The lowest BCUT2D eigenvalue weighted by Crippen LogP contribution is -2.17. The molecule has 0 radical (unpaired) electrons. The van der Waals surface area contributed by atoms with Crippen molar-refractivity contribution in [3.05, 3.63) is 40.1 Å². The summed E-state index contributed by atoms with van der Waals surface area (Å²) in [5.74, 6) is -1.63. The van der Waals surface area contributed by atoms with Crippen molar-refractivity contribution in [3.63, 3.8) is 0 Å². The van der Waals surface area contributed by atoms with Crippen LogP contribution in [0.2, 0.25) is 0 Å². The molecule has 0 unspecified atom stereocenters. The smallest absolute Gasteiger partial charge is 0.375 e. The third-order valence-electron chi connectivity index (χ3n) is 3.63. The maximum absolute atomic E-state index is 11.9. The molecule has 2 aromatic heterocycles. The second-order valence-electron chi connectivity index (χ2n) is 5.24. The zero-order valence-electron chi connectivity index (χ0n) is 12.2. The summed E-state index contributed by atoms with van der Waals surface area (Å²) in [6.45, 7) is 2.15. The molecule has 2 N–H and O–H groups in total. The Bertz CT molecular complexity index is 910. The zero-order chi connectivity index (χ0) is 15.7. The van der Waals surface area contributed by atoms with Crippen LogP contribution in [-0.2, 0) is 6.42 Å². The van der Waals surface area contributed by atoms with Crippen LogP contribution in [0.4, 0.5) is 0 Å². The fourth-order valence-corrected chi connectivity index (χ4v) is 2.51. The van der Waals surface area contributed by atoms with Crippen molar-refractivity contribution < 1.29 is 9.90 Å². The van der Waals surface area contributed by atoms with Gasteiger partial charge in [0.25, 0.3) is 5.82 Å². The first-order chi connectivity index (χ1) is 10.6. The molecule has 3 aromatic rings. The molecule has 22 heavy (non-hydrogen) atoms. The second-order valence-corrected chi connectivity index (χ2v) is 5.24. The molecular weight excluding hydrogens is 284 g/mol. The Labute approximate surface area is 125 Å². The molecule has 0 bridgehead atoms. The van der Waals surface area contributed by atoms with Gasteiger partial charge in [0.15, 0.2) is 5.65 Å². The van der Waals surface area contributed by atoms with Gasteiger partial charge in [-0.15, -0.1) is 5.10 Å². The Kier molecular flexibility index (Phi) is 3.62. The van der Waals surface area contributed by atoms with Crippen molar-refractivity contribution in [2.45, 2.75) is 32.6 Å². The minimum absolute atomic E-state index is 0.272. The van der Waals surface area contributed by atoms with E-state index in [9.17, 15) is 9.59 Å². The normalized spacial score (nSPS) is 11.3. The number of carbonyl (C=O) groups is 1. The lowest BCUT2D eigenvalue weighted by Gasteiger charge is -2.04. The minimum Gasteiger partial charge on any atom is -0.475 e. The third kappa shape index (κ3) is 2.45. The van der Waals surface area contributed by atoms with Gasteiger partial charge >= 0.3 is 11.7 Å². The Morgan fingerprint density at radius 3 is 2.91 bits per heavy atom. The van der Waals surface area contributed by atoms with Gasteiger partial charge in [-0.1, -0.05) is 25.8 Å². The van der Waals surface area contributed by atoms with E-state index in [-0.39, 0.29) is 11.5 Å². The lowest BCUT2D eigenvalue weighted by molar-refractivity contribution is 0.0684. The van der Waals surface area contributed by atoms with E-state index in [1.165, 1.54) is 0 Å². The van der Waals surface area contributed by atoms with Crippen LogP contribution >= 0.6 is 0 Å². The number of benzene rings is 1. The average Bonchev–Trinajstić information content (AvgIpc) is 2.94. The van der Waals surface area contributed by atoms with Crippen molar-refractivity contribution in [1.29, 1.82) is 0 Å². The number of aromatic nitrogens is 4. The lowest BCUT2D eigenvalue weighted by atomic mass is 10.1. The zero-order valence-corrected chi connectivity index (χ0v) is 12.2. The van der Waals surface area contributed by atoms with Crippen molar-refractivity contribution in [3.8, 4) is 0 Å². The topological polar surface area (TPSA) is 100 Å². The number of aromatic carboxylic acids is 1. The number of H-pyrrole nitrogens is 1. The Hall–Kier alpha value is -2.70. The van der Waals surface area contributed by atoms with Gasteiger partial charge in [-0.3, -0.25) is 0 Å². The summed E-state index contributed by atoms with van der Waals surface area (Å²) in [5.41, 5.74) is 1.53. The molecule has 7 heteroatoms. The Morgan fingerprint density at radius 2 is 2.18 bits per heavy atom. The number of hydrogen-bond donors (Lipinski definition) is 2. The molecule has 0 fully saturated rings. The van der Waals surface area contributed by atoms with Gasteiger partial charge in [-0.2, -0.15) is 4.52 Å². The molecule has 2 heterocycles. The fourth-order valence-electron chi connectivity index (χ4n) is 2.51. The number of nitrogens with one attached hydrogen (secondary N) is 1. The average molecular weight is 300 g/mol. The van der Waals surface area contributed by atoms with E-state index in [0.29, 0.717) is 10.9 Å². The summed E-state index contributed by atoms with van der Waals surface area (Å²) in [7, 11) is 0. The molecule has 0 aliphatic rings. The molecule has 0 aliphatic carbocycles. The van der Waals surface area contributed by atoms with Gasteiger partial charge in [0.05, 0.1) is 5.52 Å². The van der Waals surface area contributed by atoms with Gasteiger partial charge in [0.2, 0.25) is 0 Å². The standard InChI is InChI=1S/C15H16N4O3/c1-2-3-4-5-9-6-7-11-10(8-9)13-17-12(14(20)21)18-19(13)15(22)16-11/h6-8H,2-5H2,1H3,(H,16,22)(H,20,21). The number of rotatable bonds is 5. The van der Waals surface area contributed by atoms with E-state index in [2.05, 4.69) is 22.0 Å². The minimum atomic E-state index is -1.25. The molecule has 0 saturated heterocycles. The van der Waals surface area contributed by atoms with Crippen LogP contribution in [0.3, 0.4) is 0 Å². The van der Waals surface area contributed by atoms with Gasteiger partial charge in [-0.25, -0.2) is 14.6 Å². The molecular formula is C15H16N4O3. The summed E-state index contributed by atoms with van der Waals surface area (Å²) in [6, 6.07) is 5.74. The third-order valence-corrected chi connectivity index (χ3v) is 3.63. The molecule has 7 nitrogen and oxygen atoms in total. The molecule has 0 spiro atoms. The first kappa shape index (κ1) is 14.2. The molecule has 0 amide bonds. The Morgan fingerprint density at radius 1 is 1.36 bits per heavy atom. The van der Waals surface area contributed by atoms with Crippen LogP contribution in [0, 0.1) is 0 Å². The maximum atomic E-state index is 11.9. The fraction of sp³-hybridized carbons (Fsp3) is 0.333. The molecule has 0 saturated carbocycles. The van der Waals surface area contributed by atoms with Crippen LogP contribution in [0.15, 0.2) is 23.0 Å². The number of nitrogens with zero attached hydrogens (tertiary/aromatic N) is 3. The largest absolute Gasteiger partial charge is 0.475 e. The van der Waals surface area contributed by atoms with Crippen molar-refractivity contribution in [2.24, 2.45) is 0 Å². The summed E-state index contributed by atoms with van der Waals surface area (Å²) < 4.78 is 1.00. The first-order valence-corrected chi connectivity index (χ1v) is 7.25. The Balaban J connectivity index is 2.16. The van der Waals surface area contributed by atoms with Gasteiger partial charge in [0.1, 0.15) is 0 Å². The van der Waals surface area contributed by atoms with E-state index in [0.717, 1.165) is 35.8 Å². The number of carboxylic acids is 1. The molecule has 3 rings (SSSR count). The summed E-state index contributed by atoms with van der Waals surface area (Å²) >= 11 is 0. The highest BCUT2D eigenvalue weighted by molar-refractivity contribution is 5.93. The molecule has 0 aliphatic heterocycles. The highest BCUT2D eigenvalue weighted by atomic mass is 16.4. The first-order valence-electron chi connectivity index (χ1n) is 7.25. The van der Waals surface area contributed by atoms with Crippen LogP contribution < -0.4 is 5.69 Å². The number of aryl methyl sites for hydroxylation is 1. The molecule has 1 aromatic carbocycles. The number of hydrogen-bond acceptors (Lipinski definition) is 4. The predicted molar refractivity (Wildman–Crippen MR) is 81.3 cm³/mol. The number of carboxylic acid groups (broad SMARTS) is 1. The molecule has 114 valence electrons. The van der Waals surface area contributed by atoms with Gasteiger partial charge in [0, 0.05) is 5.39 Å². The van der Waals surface area contributed by atoms with Crippen molar-refractivity contribution >= 4 is 22.5 Å². The quantitative estimate of drug-likeness (QED) is 0.702.